The Morgan fingerprint density at radius 3 is 2.94 bits per heavy atom. The second kappa shape index (κ2) is 5.15. The van der Waals surface area contributed by atoms with E-state index in [1.807, 2.05) is 0 Å². The Hall–Kier alpha value is -0.600. The molecule has 1 aromatic carbocycles. The van der Waals surface area contributed by atoms with Crippen LogP contribution in [0.5, 0.6) is 0 Å². The molecule has 0 saturated carbocycles. The topological polar surface area (TPSA) is 12.0 Å². The van der Waals surface area contributed by atoms with E-state index in [1.54, 1.807) is 11.1 Å². The summed E-state index contributed by atoms with van der Waals surface area (Å²) >= 11 is 3.37. The number of benzene rings is 1. The average molecular weight is 280 g/mol. The Labute approximate surface area is 106 Å². The molecule has 0 fully saturated rings. The fourth-order valence-electron chi connectivity index (χ4n) is 2.24. The smallest absolute Gasteiger partial charge is 0.0295 e. The lowest BCUT2D eigenvalue weighted by Gasteiger charge is -2.15. The summed E-state index contributed by atoms with van der Waals surface area (Å²) in [6.45, 7) is 6.85. The molecule has 0 bridgehead atoms. The predicted octanol–water partition coefficient (Wildman–Crippen LogP) is 3.73. The molecule has 1 N–H and O–H groups in total. The van der Waals surface area contributed by atoms with Crippen molar-refractivity contribution < 1.29 is 0 Å². The van der Waals surface area contributed by atoms with Crippen molar-refractivity contribution in [2.24, 2.45) is 0 Å². The van der Waals surface area contributed by atoms with Gasteiger partial charge in [-0.05, 0) is 42.9 Å². The number of aryl methyl sites for hydroxylation is 2. The highest BCUT2D eigenvalue weighted by molar-refractivity contribution is 9.11. The van der Waals surface area contributed by atoms with Gasteiger partial charge in [-0.3, -0.25) is 0 Å². The van der Waals surface area contributed by atoms with Gasteiger partial charge in [0, 0.05) is 17.1 Å². The molecule has 1 nitrogen and oxygen atoms in total. The zero-order chi connectivity index (χ0) is 11.5. The van der Waals surface area contributed by atoms with Gasteiger partial charge in [-0.1, -0.05) is 40.7 Å². The van der Waals surface area contributed by atoms with Crippen molar-refractivity contribution in [2.75, 3.05) is 6.54 Å². The van der Waals surface area contributed by atoms with E-state index in [0.717, 1.165) is 11.0 Å². The van der Waals surface area contributed by atoms with Crippen LogP contribution in [0.1, 0.15) is 36.1 Å². The second-order valence-corrected chi connectivity index (χ2v) is 5.62. The fraction of sp³-hybridized carbons (Fsp3) is 0.429. The Balaban J connectivity index is 2.06. The van der Waals surface area contributed by atoms with Crippen LogP contribution in [0.4, 0.5) is 0 Å². The van der Waals surface area contributed by atoms with E-state index in [2.05, 4.69) is 52.9 Å². The van der Waals surface area contributed by atoms with Gasteiger partial charge in [0.05, 0.1) is 0 Å². The highest BCUT2D eigenvalue weighted by Crippen LogP contribution is 2.25. The van der Waals surface area contributed by atoms with Crippen molar-refractivity contribution in [3.05, 3.63) is 46.0 Å². The van der Waals surface area contributed by atoms with E-state index in [0.29, 0.717) is 6.04 Å². The third-order valence-electron chi connectivity index (χ3n) is 3.22. The maximum atomic E-state index is 3.83. The third-order valence-corrected chi connectivity index (χ3v) is 3.50. The Morgan fingerprint density at radius 1 is 1.44 bits per heavy atom. The van der Waals surface area contributed by atoms with Crippen molar-refractivity contribution in [1.82, 2.24) is 5.32 Å². The van der Waals surface area contributed by atoms with E-state index in [4.69, 9.17) is 0 Å². The maximum Gasteiger partial charge on any atom is 0.0295 e. The summed E-state index contributed by atoms with van der Waals surface area (Å²) in [7, 11) is 0. The van der Waals surface area contributed by atoms with Crippen LogP contribution in [0.3, 0.4) is 0 Å². The van der Waals surface area contributed by atoms with Crippen LogP contribution in [0.25, 0.3) is 0 Å². The largest absolute Gasteiger partial charge is 0.306 e. The van der Waals surface area contributed by atoms with Crippen molar-refractivity contribution in [1.29, 1.82) is 0 Å². The number of hydrogen-bond donors (Lipinski definition) is 1. The summed E-state index contributed by atoms with van der Waals surface area (Å²) in [5.74, 6) is 0. The van der Waals surface area contributed by atoms with Gasteiger partial charge in [0.1, 0.15) is 0 Å². The van der Waals surface area contributed by atoms with Crippen molar-refractivity contribution in [3.63, 3.8) is 0 Å². The van der Waals surface area contributed by atoms with E-state index in [1.165, 1.54) is 24.8 Å². The van der Waals surface area contributed by atoms with Gasteiger partial charge in [0.25, 0.3) is 0 Å². The standard InChI is InChI=1S/C14H18BrN/c1-10(15)9-16-11(2)13-7-6-12-4-3-5-14(12)8-13/h6-8,11,16H,1,3-5,9H2,2H3. The highest BCUT2D eigenvalue weighted by Gasteiger charge is 2.13. The van der Waals surface area contributed by atoms with Gasteiger partial charge >= 0.3 is 0 Å². The molecule has 0 amide bonds. The Bertz CT molecular complexity index is 398. The zero-order valence-electron chi connectivity index (χ0n) is 9.72. The molecule has 2 rings (SSSR count). The van der Waals surface area contributed by atoms with E-state index in [-0.39, 0.29) is 0 Å². The molecule has 1 unspecified atom stereocenters. The van der Waals surface area contributed by atoms with E-state index < -0.39 is 0 Å². The first-order valence-electron chi connectivity index (χ1n) is 5.85. The van der Waals surface area contributed by atoms with Gasteiger partial charge in [0.2, 0.25) is 0 Å². The molecule has 0 aromatic heterocycles. The van der Waals surface area contributed by atoms with Gasteiger partial charge in [-0.25, -0.2) is 0 Å². The molecule has 0 radical (unpaired) electrons. The van der Waals surface area contributed by atoms with E-state index >= 15 is 0 Å². The molecule has 1 atom stereocenters. The Kier molecular flexibility index (Phi) is 3.82. The molecule has 1 aliphatic carbocycles. The Morgan fingerprint density at radius 2 is 2.19 bits per heavy atom. The van der Waals surface area contributed by atoms with Crippen LogP contribution in [-0.2, 0) is 12.8 Å². The highest BCUT2D eigenvalue weighted by atomic mass is 79.9. The SMILES string of the molecule is C=C(Br)CNC(C)c1ccc2c(c1)CCC2. The summed E-state index contributed by atoms with van der Waals surface area (Å²) in [5, 5.41) is 3.44. The third kappa shape index (κ3) is 2.74. The minimum Gasteiger partial charge on any atom is -0.306 e. The molecule has 0 spiro atoms. The molecule has 0 aliphatic heterocycles. The molecule has 0 heterocycles. The summed E-state index contributed by atoms with van der Waals surface area (Å²) in [6.07, 6.45) is 3.83. The number of nitrogens with one attached hydrogen (secondary N) is 1. The molecular formula is C14H18BrN. The predicted molar refractivity (Wildman–Crippen MR) is 73.0 cm³/mol. The summed E-state index contributed by atoms with van der Waals surface area (Å²) in [5.41, 5.74) is 4.47. The van der Waals surface area contributed by atoms with Crippen molar-refractivity contribution in [3.8, 4) is 0 Å². The summed E-state index contributed by atoms with van der Waals surface area (Å²) in [6, 6.07) is 7.29. The monoisotopic (exact) mass is 279 g/mol. The van der Waals surface area contributed by atoms with Crippen LogP contribution in [0.2, 0.25) is 0 Å². The van der Waals surface area contributed by atoms with Crippen LogP contribution < -0.4 is 5.32 Å². The first-order valence-corrected chi connectivity index (χ1v) is 6.64. The van der Waals surface area contributed by atoms with Gasteiger partial charge in [-0.15, -0.1) is 0 Å². The van der Waals surface area contributed by atoms with Crippen molar-refractivity contribution >= 4 is 15.9 Å². The molecular weight excluding hydrogens is 262 g/mol. The number of halogens is 1. The lowest BCUT2D eigenvalue weighted by Crippen LogP contribution is -2.19. The maximum absolute atomic E-state index is 3.83. The average Bonchev–Trinajstić information content (AvgIpc) is 2.72. The quantitative estimate of drug-likeness (QED) is 0.886. The second-order valence-electron chi connectivity index (χ2n) is 4.50. The normalized spacial score (nSPS) is 15.9. The number of rotatable bonds is 4. The first kappa shape index (κ1) is 11.9. The molecule has 2 heteroatoms. The molecule has 0 saturated heterocycles. The minimum absolute atomic E-state index is 0.389. The van der Waals surface area contributed by atoms with Gasteiger partial charge in [-0.2, -0.15) is 0 Å². The number of hydrogen-bond acceptors (Lipinski definition) is 1. The van der Waals surface area contributed by atoms with Crippen molar-refractivity contribution in [2.45, 2.75) is 32.2 Å². The molecule has 86 valence electrons. The molecule has 16 heavy (non-hydrogen) atoms. The van der Waals surface area contributed by atoms with Crippen LogP contribution in [0.15, 0.2) is 29.3 Å². The van der Waals surface area contributed by atoms with Crippen LogP contribution >= 0.6 is 15.9 Å². The fourth-order valence-corrected chi connectivity index (χ4v) is 2.40. The zero-order valence-corrected chi connectivity index (χ0v) is 11.3. The van der Waals surface area contributed by atoms with Gasteiger partial charge in [0.15, 0.2) is 0 Å². The van der Waals surface area contributed by atoms with Crippen LogP contribution in [0, 0.1) is 0 Å². The minimum atomic E-state index is 0.389. The molecule has 1 aromatic rings. The summed E-state index contributed by atoms with van der Waals surface area (Å²) < 4.78 is 1.00. The lowest BCUT2D eigenvalue weighted by molar-refractivity contribution is 0.615. The van der Waals surface area contributed by atoms with Crippen LogP contribution in [-0.4, -0.2) is 6.54 Å². The summed E-state index contributed by atoms with van der Waals surface area (Å²) in [4.78, 5) is 0. The van der Waals surface area contributed by atoms with E-state index in [9.17, 15) is 0 Å². The molecule has 1 aliphatic rings. The first-order chi connectivity index (χ1) is 7.66. The number of fused-ring (bicyclic) bond motifs is 1. The van der Waals surface area contributed by atoms with Gasteiger partial charge < -0.3 is 5.32 Å². The lowest BCUT2D eigenvalue weighted by atomic mass is 10.0.